The van der Waals surface area contributed by atoms with Gasteiger partial charge in [0.15, 0.2) is 0 Å². The number of nitrogens with zero attached hydrogens (tertiary/aromatic N) is 2. The first-order valence-electron chi connectivity index (χ1n) is 8.17. The molecule has 1 aromatic heterocycles. The second kappa shape index (κ2) is 7.51. The highest BCUT2D eigenvalue weighted by atomic mass is 32.2. The summed E-state index contributed by atoms with van der Waals surface area (Å²) in [5.41, 5.74) is 1.10. The molecule has 0 radical (unpaired) electrons. The molecule has 0 aliphatic heterocycles. The highest BCUT2D eigenvalue weighted by Gasteiger charge is 2.32. The maximum atomic E-state index is 13.0. The van der Waals surface area contributed by atoms with E-state index in [1.807, 2.05) is 0 Å². The predicted molar refractivity (Wildman–Crippen MR) is 97.0 cm³/mol. The van der Waals surface area contributed by atoms with E-state index >= 15 is 0 Å². The van der Waals surface area contributed by atoms with Crippen molar-refractivity contribution in [3.63, 3.8) is 0 Å². The van der Waals surface area contributed by atoms with Crippen LogP contribution in [-0.2, 0) is 16.4 Å². The lowest BCUT2D eigenvalue weighted by atomic mass is 9.96. The summed E-state index contributed by atoms with van der Waals surface area (Å²) in [6, 6.07) is 4.80. The molecule has 1 aromatic carbocycles. The van der Waals surface area contributed by atoms with Gasteiger partial charge < -0.3 is 5.11 Å². The van der Waals surface area contributed by atoms with E-state index in [1.165, 1.54) is 42.6 Å². The Balaban J connectivity index is 1.83. The Labute approximate surface area is 155 Å². The minimum absolute atomic E-state index is 0.159. The molecule has 2 atom stereocenters. The number of aliphatic hydroxyl groups excluding tert-OH is 1. The summed E-state index contributed by atoms with van der Waals surface area (Å²) in [7, 11) is -2.42. The normalized spacial score (nSPS) is 18.5. The van der Waals surface area contributed by atoms with Gasteiger partial charge in [-0.3, -0.25) is 0 Å². The van der Waals surface area contributed by atoms with Crippen molar-refractivity contribution in [3.8, 4) is 0 Å². The van der Waals surface area contributed by atoms with Crippen LogP contribution in [0.2, 0.25) is 0 Å². The van der Waals surface area contributed by atoms with Gasteiger partial charge >= 0.3 is 0 Å². The van der Waals surface area contributed by atoms with E-state index < -0.39 is 28.0 Å². The summed E-state index contributed by atoms with van der Waals surface area (Å²) < 4.78 is 39.9. The van der Waals surface area contributed by atoms with E-state index in [4.69, 9.17) is 0 Å². The summed E-state index contributed by atoms with van der Waals surface area (Å²) in [6.45, 7) is -0.159. The zero-order chi connectivity index (χ0) is 18.9. The molecule has 1 N–H and O–H groups in total. The van der Waals surface area contributed by atoms with E-state index in [-0.39, 0.29) is 11.4 Å². The van der Waals surface area contributed by atoms with Crippen LogP contribution in [0.1, 0.15) is 41.0 Å². The third kappa shape index (κ3) is 3.57. The van der Waals surface area contributed by atoms with Crippen LogP contribution in [0, 0.1) is 10.7 Å². The molecule has 0 spiro atoms. The molecular weight excluding hydrogens is 379 g/mol. The van der Waals surface area contributed by atoms with Gasteiger partial charge in [0.1, 0.15) is 11.9 Å². The monoisotopic (exact) mass is 398 g/mol. The van der Waals surface area contributed by atoms with Crippen LogP contribution in [0.25, 0.3) is 0 Å². The first-order chi connectivity index (χ1) is 12.3. The predicted octanol–water partition coefficient (Wildman–Crippen LogP) is 3.39. The number of likely N-dealkylation sites (N-methyl/N-ethyl adjacent to an activating group) is 1. The van der Waals surface area contributed by atoms with E-state index in [0.717, 1.165) is 9.18 Å². The molecule has 140 valence electrons. The molecule has 0 fully saturated rings. The Morgan fingerprint density at radius 1 is 1.38 bits per heavy atom. The van der Waals surface area contributed by atoms with Crippen molar-refractivity contribution in [2.24, 2.45) is 5.18 Å². The second-order valence-corrected chi connectivity index (χ2v) is 9.23. The van der Waals surface area contributed by atoms with Crippen molar-refractivity contribution in [2.75, 3.05) is 13.6 Å². The molecule has 1 aliphatic carbocycles. The van der Waals surface area contributed by atoms with E-state index in [2.05, 4.69) is 5.18 Å². The molecule has 1 heterocycles. The summed E-state index contributed by atoms with van der Waals surface area (Å²) in [5, 5.41) is 14.9. The number of fused-ring (bicyclic) bond motifs is 1. The van der Waals surface area contributed by atoms with Gasteiger partial charge in [-0.15, -0.1) is 11.3 Å². The fourth-order valence-electron chi connectivity index (χ4n) is 3.13. The van der Waals surface area contributed by atoms with E-state index in [0.29, 0.717) is 30.4 Å². The summed E-state index contributed by atoms with van der Waals surface area (Å²) in [6.07, 6.45) is 0.864. The van der Waals surface area contributed by atoms with Gasteiger partial charge in [-0.05, 0) is 42.5 Å². The fraction of sp³-hybridized carbons (Fsp3) is 0.412. The summed E-state index contributed by atoms with van der Waals surface area (Å²) in [4.78, 5) is 11.9. The maximum absolute atomic E-state index is 13.0. The number of benzene rings is 1. The number of hydrogen-bond acceptors (Lipinski definition) is 6. The highest BCUT2D eigenvalue weighted by molar-refractivity contribution is 7.89. The average Bonchev–Trinajstić information content (AvgIpc) is 3.07. The largest absolute Gasteiger partial charge is 0.387 e. The molecule has 26 heavy (non-hydrogen) atoms. The van der Waals surface area contributed by atoms with Crippen LogP contribution < -0.4 is 0 Å². The number of nitroso groups, excluding NO2 is 1. The van der Waals surface area contributed by atoms with E-state index in [1.54, 1.807) is 5.38 Å². The highest BCUT2D eigenvalue weighted by Crippen LogP contribution is 2.41. The van der Waals surface area contributed by atoms with Crippen molar-refractivity contribution >= 4 is 21.4 Å². The molecule has 3 rings (SSSR count). The first-order valence-corrected chi connectivity index (χ1v) is 10.5. The standard InChI is InChI=1S/C17H19FN2O4S2/c1-20(9-15(21)11-5-7-12(18)8-6-11)26(23,24)16-10-25-17-13(16)3-2-4-14(17)19-22/h5-8,10,14-15,21H,2-4,9H2,1H3/t14?,15-/m1/s1. The number of sulfonamides is 1. The lowest BCUT2D eigenvalue weighted by Gasteiger charge is -2.22. The second-order valence-electron chi connectivity index (χ2n) is 6.31. The molecular formula is C17H19FN2O4S2. The number of aliphatic hydroxyl groups is 1. The third-order valence-electron chi connectivity index (χ3n) is 4.60. The minimum atomic E-state index is -3.81. The van der Waals surface area contributed by atoms with Crippen LogP contribution in [0.5, 0.6) is 0 Å². The van der Waals surface area contributed by atoms with Crippen LogP contribution in [-0.4, -0.2) is 31.4 Å². The summed E-state index contributed by atoms with van der Waals surface area (Å²) >= 11 is 1.24. The van der Waals surface area contributed by atoms with Gasteiger partial charge in [0.25, 0.3) is 0 Å². The zero-order valence-electron chi connectivity index (χ0n) is 14.1. The van der Waals surface area contributed by atoms with Crippen LogP contribution in [0.3, 0.4) is 0 Å². The Morgan fingerprint density at radius 2 is 2.08 bits per heavy atom. The van der Waals surface area contributed by atoms with E-state index in [9.17, 15) is 22.8 Å². The SMILES string of the molecule is CN(C[C@@H](O)c1ccc(F)cc1)S(=O)(=O)c1csc2c1CCCC2N=O. The lowest BCUT2D eigenvalue weighted by Crippen LogP contribution is -2.31. The quantitative estimate of drug-likeness (QED) is 0.756. The molecule has 1 aliphatic rings. The number of halogens is 1. The van der Waals surface area contributed by atoms with Crippen LogP contribution >= 0.6 is 11.3 Å². The zero-order valence-corrected chi connectivity index (χ0v) is 15.8. The Morgan fingerprint density at radius 3 is 2.73 bits per heavy atom. The molecule has 9 heteroatoms. The van der Waals surface area contributed by atoms with Gasteiger partial charge in [-0.25, -0.2) is 12.8 Å². The van der Waals surface area contributed by atoms with Crippen molar-refractivity contribution in [2.45, 2.75) is 36.3 Å². The number of thiophene rings is 1. The molecule has 1 unspecified atom stereocenters. The first kappa shape index (κ1) is 19.1. The van der Waals surface area contributed by atoms with Crippen molar-refractivity contribution < 1.29 is 17.9 Å². The van der Waals surface area contributed by atoms with Gasteiger partial charge in [-0.1, -0.05) is 17.3 Å². The minimum Gasteiger partial charge on any atom is -0.387 e. The third-order valence-corrected chi connectivity index (χ3v) is 7.76. The Bertz CT molecular complexity index is 896. The van der Waals surface area contributed by atoms with Crippen LogP contribution in [0.4, 0.5) is 4.39 Å². The van der Waals surface area contributed by atoms with Crippen molar-refractivity contribution in [1.29, 1.82) is 0 Å². The Kier molecular flexibility index (Phi) is 5.52. The number of hydrogen-bond donors (Lipinski definition) is 1. The summed E-state index contributed by atoms with van der Waals surface area (Å²) in [5.74, 6) is -0.426. The van der Waals surface area contributed by atoms with Gasteiger partial charge in [0, 0.05) is 23.8 Å². The molecule has 6 nitrogen and oxygen atoms in total. The van der Waals surface area contributed by atoms with Gasteiger partial charge in [0.05, 0.1) is 11.0 Å². The van der Waals surface area contributed by atoms with Crippen LogP contribution in [0.15, 0.2) is 39.7 Å². The smallest absolute Gasteiger partial charge is 0.244 e. The molecule has 0 amide bonds. The molecule has 0 saturated heterocycles. The van der Waals surface area contributed by atoms with Crippen molar-refractivity contribution in [3.05, 3.63) is 56.4 Å². The Hall–Kier alpha value is -1.68. The lowest BCUT2D eigenvalue weighted by molar-refractivity contribution is 0.155. The molecule has 0 bridgehead atoms. The molecule has 2 aromatic rings. The number of rotatable bonds is 6. The van der Waals surface area contributed by atoms with Gasteiger partial charge in [-0.2, -0.15) is 9.21 Å². The fourth-order valence-corrected chi connectivity index (χ4v) is 6.07. The maximum Gasteiger partial charge on any atom is 0.244 e. The molecule has 0 saturated carbocycles. The topological polar surface area (TPSA) is 87.0 Å². The van der Waals surface area contributed by atoms with Crippen molar-refractivity contribution in [1.82, 2.24) is 4.31 Å². The van der Waals surface area contributed by atoms with Gasteiger partial charge in [0.2, 0.25) is 10.0 Å². The average molecular weight is 398 g/mol.